The molecule has 19 heavy (non-hydrogen) atoms. The zero-order valence-corrected chi connectivity index (χ0v) is 10.6. The highest BCUT2D eigenvalue weighted by Gasteiger charge is 2.15. The molecule has 1 aromatic rings. The molecule has 1 rings (SSSR count). The Bertz CT molecular complexity index is 395. The molecule has 0 spiro atoms. The SMILES string of the molecule is CCCNC(CC(=O)O)c1ccc(OC(F)F)cc1. The molecule has 0 bridgehead atoms. The van der Waals surface area contributed by atoms with E-state index in [1.54, 1.807) is 12.1 Å². The molecular weight excluding hydrogens is 256 g/mol. The summed E-state index contributed by atoms with van der Waals surface area (Å²) in [6, 6.07) is 5.66. The van der Waals surface area contributed by atoms with Crippen molar-refractivity contribution < 1.29 is 23.4 Å². The smallest absolute Gasteiger partial charge is 0.387 e. The van der Waals surface area contributed by atoms with Crippen LogP contribution in [0, 0.1) is 0 Å². The standard InChI is InChI=1S/C13H17F2NO3/c1-2-7-16-11(8-12(17)18)9-3-5-10(6-4-9)19-13(14)15/h3-6,11,13,16H,2,7-8H2,1H3,(H,17,18). The van der Waals surface area contributed by atoms with E-state index in [1.807, 2.05) is 6.92 Å². The molecule has 0 aliphatic rings. The number of carbonyl (C=O) groups is 1. The normalized spacial score (nSPS) is 12.4. The van der Waals surface area contributed by atoms with Gasteiger partial charge in [-0.2, -0.15) is 8.78 Å². The summed E-state index contributed by atoms with van der Waals surface area (Å²) in [6.07, 6.45) is 0.817. The fraction of sp³-hybridized carbons (Fsp3) is 0.462. The van der Waals surface area contributed by atoms with E-state index >= 15 is 0 Å². The number of hydrogen-bond acceptors (Lipinski definition) is 3. The highest BCUT2D eigenvalue weighted by atomic mass is 19.3. The maximum atomic E-state index is 12.0. The highest BCUT2D eigenvalue weighted by Crippen LogP contribution is 2.21. The molecule has 1 atom stereocenters. The van der Waals surface area contributed by atoms with E-state index in [0.29, 0.717) is 6.54 Å². The second kappa shape index (κ2) is 7.68. The molecular formula is C13H17F2NO3. The second-order valence-electron chi connectivity index (χ2n) is 4.05. The number of carboxylic acid groups (broad SMARTS) is 1. The van der Waals surface area contributed by atoms with Crippen molar-refractivity contribution >= 4 is 5.97 Å². The van der Waals surface area contributed by atoms with Crippen molar-refractivity contribution in [3.63, 3.8) is 0 Å². The summed E-state index contributed by atoms with van der Waals surface area (Å²) in [4.78, 5) is 10.8. The van der Waals surface area contributed by atoms with Gasteiger partial charge in [0.1, 0.15) is 5.75 Å². The van der Waals surface area contributed by atoms with Gasteiger partial charge in [-0.05, 0) is 30.7 Å². The average molecular weight is 273 g/mol. The molecule has 0 fully saturated rings. The minimum atomic E-state index is -2.86. The first-order valence-corrected chi connectivity index (χ1v) is 6.03. The van der Waals surface area contributed by atoms with Crippen molar-refractivity contribution in [2.24, 2.45) is 0 Å². The third-order valence-corrected chi connectivity index (χ3v) is 2.53. The van der Waals surface area contributed by atoms with Gasteiger partial charge in [-0.3, -0.25) is 4.79 Å². The molecule has 0 saturated carbocycles. The Morgan fingerprint density at radius 3 is 2.47 bits per heavy atom. The number of rotatable bonds is 8. The first kappa shape index (κ1) is 15.4. The van der Waals surface area contributed by atoms with Crippen molar-refractivity contribution in [3.05, 3.63) is 29.8 Å². The molecule has 0 aliphatic heterocycles. The van der Waals surface area contributed by atoms with E-state index in [0.717, 1.165) is 12.0 Å². The first-order chi connectivity index (χ1) is 9.02. The number of hydrogen-bond donors (Lipinski definition) is 2. The predicted molar refractivity (Wildman–Crippen MR) is 66.4 cm³/mol. The quantitative estimate of drug-likeness (QED) is 0.764. The van der Waals surface area contributed by atoms with Crippen molar-refractivity contribution in [2.45, 2.75) is 32.4 Å². The van der Waals surface area contributed by atoms with Crippen LogP contribution in [-0.4, -0.2) is 24.2 Å². The Morgan fingerprint density at radius 2 is 2.00 bits per heavy atom. The predicted octanol–water partition coefficient (Wildman–Crippen LogP) is 2.80. The number of nitrogens with one attached hydrogen (secondary N) is 1. The van der Waals surface area contributed by atoms with Crippen LogP contribution in [0.4, 0.5) is 8.78 Å². The van der Waals surface area contributed by atoms with Crippen LogP contribution in [0.1, 0.15) is 31.4 Å². The Balaban J connectivity index is 2.74. The molecule has 0 aliphatic carbocycles. The fourth-order valence-electron chi connectivity index (χ4n) is 1.68. The average Bonchev–Trinajstić information content (AvgIpc) is 2.34. The van der Waals surface area contributed by atoms with Crippen LogP contribution < -0.4 is 10.1 Å². The number of halogens is 2. The number of ether oxygens (including phenoxy) is 1. The summed E-state index contributed by atoms with van der Waals surface area (Å²) in [5.41, 5.74) is 0.734. The lowest BCUT2D eigenvalue weighted by Gasteiger charge is -2.17. The van der Waals surface area contributed by atoms with Crippen molar-refractivity contribution in [3.8, 4) is 5.75 Å². The summed E-state index contributed by atoms with van der Waals surface area (Å²) in [6.45, 7) is -0.198. The molecule has 1 unspecified atom stereocenters. The first-order valence-electron chi connectivity index (χ1n) is 6.03. The third-order valence-electron chi connectivity index (χ3n) is 2.53. The summed E-state index contributed by atoms with van der Waals surface area (Å²) in [5.74, 6) is -0.857. The van der Waals surface area contributed by atoms with Crippen LogP contribution in [0.5, 0.6) is 5.75 Å². The van der Waals surface area contributed by atoms with Gasteiger partial charge < -0.3 is 15.2 Å². The molecule has 2 N–H and O–H groups in total. The van der Waals surface area contributed by atoms with Gasteiger partial charge in [0.15, 0.2) is 0 Å². The van der Waals surface area contributed by atoms with Crippen LogP contribution >= 0.6 is 0 Å². The monoisotopic (exact) mass is 273 g/mol. The topological polar surface area (TPSA) is 58.6 Å². The Hall–Kier alpha value is -1.69. The van der Waals surface area contributed by atoms with E-state index in [4.69, 9.17) is 5.11 Å². The molecule has 1 aromatic carbocycles. The van der Waals surface area contributed by atoms with Crippen LogP contribution in [0.2, 0.25) is 0 Å². The summed E-state index contributed by atoms with van der Waals surface area (Å²) < 4.78 is 28.3. The summed E-state index contributed by atoms with van der Waals surface area (Å²) >= 11 is 0. The van der Waals surface area contributed by atoms with Gasteiger partial charge in [-0.1, -0.05) is 19.1 Å². The van der Waals surface area contributed by atoms with Gasteiger partial charge in [-0.15, -0.1) is 0 Å². The van der Waals surface area contributed by atoms with Gasteiger partial charge in [0.25, 0.3) is 0 Å². The Morgan fingerprint density at radius 1 is 1.37 bits per heavy atom. The molecule has 0 aromatic heterocycles. The second-order valence-corrected chi connectivity index (χ2v) is 4.05. The molecule has 6 heteroatoms. The number of aliphatic carboxylic acids is 1. The van der Waals surface area contributed by atoms with E-state index < -0.39 is 12.6 Å². The third kappa shape index (κ3) is 5.65. The molecule has 106 valence electrons. The van der Waals surface area contributed by atoms with E-state index in [9.17, 15) is 13.6 Å². The number of benzene rings is 1. The molecule has 0 saturated heterocycles. The molecule has 0 heterocycles. The highest BCUT2D eigenvalue weighted by molar-refractivity contribution is 5.68. The zero-order valence-electron chi connectivity index (χ0n) is 10.6. The Labute approximate surface area is 110 Å². The van der Waals surface area contributed by atoms with Gasteiger partial charge in [0.2, 0.25) is 0 Å². The summed E-state index contributed by atoms with van der Waals surface area (Å²) in [5, 5.41) is 12.0. The number of alkyl halides is 2. The minimum absolute atomic E-state index is 0.0586. The Kier molecular flexibility index (Phi) is 6.21. The van der Waals surface area contributed by atoms with Crippen molar-refractivity contribution in [1.82, 2.24) is 5.32 Å². The zero-order chi connectivity index (χ0) is 14.3. The van der Waals surface area contributed by atoms with Gasteiger partial charge in [0.05, 0.1) is 6.42 Å². The van der Waals surface area contributed by atoms with Gasteiger partial charge in [-0.25, -0.2) is 0 Å². The lowest BCUT2D eigenvalue weighted by Crippen LogP contribution is -2.24. The minimum Gasteiger partial charge on any atom is -0.481 e. The van der Waals surface area contributed by atoms with Crippen LogP contribution in [0.15, 0.2) is 24.3 Å². The van der Waals surface area contributed by atoms with Crippen LogP contribution in [0.25, 0.3) is 0 Å². The van der Waals surface area contributed by atoms with Gasteiger partial charge >= 0.3 is 12.6 Å². The van der Waals surface area contributed by atoms with Crippen LogP contribution in [0.3, 0.4) is 0 Å². The van der Waals surface area contributed by atoms with E-state index in [1.165, 1.54) is 12.1 Å². The lowest BCUT2D eigenvalue weighted by atomic mass is 10.0. The van der Waals surface area contributed by atoms with Crippen molar-refractivity contribution in [1.29, 1.82) is 0 Å². The number of carboxylic acids is 1. The summed E-state index contributed by atoms with van der Waals surface area (Å²) in [7, 11) is 0. The molecule has 4 nitrogen and oxygen atoms in total. The maximum absolute atomic E-state index is 12.0. The van der Waals surface area contributed by atoms with Gasteiger partial charge in [0, 0.05) is 6.04 Å². The molecule has 0 radical (unpaired) electrons. The largest absolute Gasteiger partial charge is 0.481 e. The van der Waals surface area contributed by atoms with Crippen LogP contribution in [-0.2, 0) is 4.79 Å². The van der Waals surface area contributed by atoms with Crippen molar-refractivity contribution in [2.75, 3.05) is 6.54 Å². The van der Waals surface area contributed by atoms with E-state index in [2.05, 4.69) is 10.1 Å². The maximum Gasteiger partial charge on any atom is 0.387 e. The fourth-order valence-corrected chi connectivity index (χ4v) is 1.68. The van der Waals surface area contributed by atoms with E-state index in [-0.39, 0.29) is 18.2 Å². The molecule has 0 amide bonds. The lowest BCUT2D eigenvalue weighted by molar-refractivity contribution is -0.137.